The molecule has 0 radical (unpaired) electrons. The lowest BCUT2D eigenvalue weighted by atomic mass is 9.90. The molecular weight excluding hydrogens is 208 g/mol. The smallest absolute Gasteiger partial charge is 0.0896 e. The molecule has 82 valence electrons. The summed E-state index contributed by atoms with van der Waals surface area (Å²) in [6.45, 7) is 3.99. The van der Waals surface area contributed by atoms with Gasteiger partial charge in [-0.05, 0) is 43.4 Å². The van der Waals surface area contributed by atoms with Gasteiger partial charge >= 0.3 is 0 Å². The van der Waals surface area contributed by atoms with Crippen LogP contribution in [0.4, 0.5) is 0 Å². The minimum absolute atomic E-state index is 0.597. The van der Waals surface area contributed by atoms with Crippen molar-refractivity contribution in [1.29, 1.82) is 0 Å². The number of rotatable bonds is 1. The van der Waals surface area contributed by atoms with Crippen LogP contribution in [-0.2, 0) is 5.60 Å². The zero-order valence-corrected chi connectivity index (χ0v) is 10.1. The van der Waals surface area contributed by atoms with Gasteiger partial charge in [0.05, 0.1) is 5.60 Å². The molecule has 0 saturated heterocycles. The van der Waals surface area contributed by atoms with Crippen LogP contribution in [0.15, 0.2) is 12.1 Å². The summed E-state index contributed by atoms with van der Waals surface area (Å²) in [4.78, 5) is 0. The summed E-state index contributed by atoms with van der Waals surface area (Å²) in [5.41, 5.74) is 2.57. The molecule has 1 nitrogen and oxygen atoms in total. The SMILES string of the molecule is Cc1cc(C2(O)CCCC2)cc(C)c1Cl. The minimum Gasteiger partial charge on any atom is -0.385 e. The predicted molar refractivity (Wildman–Crippen MR) is 63.3 cm³/mol. The topological polar surface area (TPSA) is 20.2 Å². The van der Waals surface area contributed by atoms with Crippen molar-refractivity contribution in [3.05, 3.63) is 33.8 Å². The van der Waals surface area contributed by atoms with Crippen LogP contribution in [0, 0.1) is 13.8 Å². The van der Waals surface area contributed by atoms with Crippen LogP contribution in [0.2, 0.25) is 5.02 Å². The van der Waals surface area contributed by atoms with Crippen molar-refractivity contribution >= 4 is 11.6 Å². The third-order valence-electron chi connectivity index (χ3n) is 3.40. The second-order valence-corrected chi connectivity index (χ2v) is 5.04. The lowest BCUT2D eigenvalue weighted by Crippen LogP contribution is -2.21. The molecule has 1 aliphatic carbocycles. The predicted octanol–water partition coefficient (Wildman–Crippen LogP) is 3.72. The van der Waals surface area contributed by atoms with Crippen molar-refractivity contribution in [1.82, 2.24) is 0 Å². The Morgan fingerprint density at radius 1 is 1.13 bits per heavy atom. The van der Waals surface area contributed by atoms with Crippen molar-refractivity contribution < 1.29 is 5.11 Å². The van der Waals surface area contributed by atoms with E-state index in [-0.39, 0.29) is 0 Å². The zero-order valence-electron chi connectivity index (χ0n) is 9.31. The fourth-order valence-corrected chi connectivity index (χ4v) is 2.57. The molecular formula is C13H17ClO. The largest absolute Gasteiger partial charge is 0.385 e. The van der Waals surface area contributed by atoms with Gasteiger partial charge in [-0.3, -0.25) is 0 Å². The van der Waals surface area contributed by atoms with Crippen LogP contribution >= 0.6 is 11.6 Å². The van der Waals surface area contributed by atoms with E-state index < -0.39 is 5.60 Å². The Kier molecular flexibility index (Phi) is 2.78. The molecule has 2 rings (SSSR count). The molecule has 1 aliphatic rings. The molecule has 0 bridgehead atoms. The highest BCUT2D eigenvalue weighted by Gasteiger charge is 2.33. The molecule has 2 heteroatoms. The van der Waals surface area contributed by atoms with Gasteiger partial charge in [-0.25, -0.2) is 0 Å². The monoisotopic (exact) mass is 224 g/mol. The molecule has 0 atom stereocenters. The Morgan fingerprint density at radius 3 is 2.07 bits per heavy atom. The summed E-state index contributed by atoms with van der Waals surface area (Å²) in [5, 5.41) is 11.3. The first kappa shape index (κ1) is 11.0. The highest BCUT2D eigenvalue weighted by Crippen LogP contribution is 2.40. The van der Waals surface area contributed by atoms with E-state index in [0.717, 1.165) is 47.4 Å². The van der Waals surface area contributed by atoms with E-state index in [1.165, 1.54) is 0 Å². The molecule has 1 aromatic rings. The Bertz CT molecular complexity index is 355. The number of benzene rings is 1. The maximum absolute atomic E-state index is 10.5. The number of hydrogen-bond acceptors (Lipinski definition) is 1. The normalized spacial score (nSPS) is 19.5. The van der Waals surface area contributed by atoms with Gasteiger partial charge in [-0.1, -0.05) is 36.6 Å². The minimum atomic E-state index is -0.597. The third-order valence-corrected chi connectivity index (χ3v) is 4.00. The molecule has 1 saturated carbocycles. The van der Waals surface area contributed by atoms with Gasteiger partial charge in [0.25, 0.3) is 0 Å². The van der Waals surface area contributed by atoms with Crippen molar-refractivity contribution in [2.45, 2.75) is 45.1 Å². The van der Waals surface area contributed by atoms with Crippen LogP contribution in [0.3, 0.4) is 0 Å². The quantitative estimate of drug-likeness (QED) is 0.771. The highest BCUT2D eigenvalue weighted by molar-refractivity contribution is 6.32. The molecule has 0 spiro atoms. The van der Waals surface area contributed by atoms with Gasteiger partial charge in [0.1, 0.15) is 0 Å². The summed E-state index contributed by atoms with van der Waals surface area (Å²) >= 11 is 6.12. The van der Waals surface area contributed by atoms with Gasteiger partial charge in [-0.2, -0.15) is 0 Å². The van der Waals surface area contributed by atoms with Gasteiger partial charge in [0, 0.05) is 5.02 Å². The van der Waals surface area contributed by atoms with Crippen LogP contribution in [0.5, 0.6) is 0 Å². The Balaban J connectivity index is 2.45. The molecule has 1 aromatic carbocycles. The van der Waals surface area contributed by atoms with E-state index in [9.17, 15) is 5.11 Å². The van der Waals surface area contributed by atoms with Gasteiger partial charge in [0.15, 0.2) is 0 Å². The Hall–Kier alpha value is -0.530. The number of aryl methyl sites for hydroxylation is 2. The van der Waals surface area contributed by atoms with Crippen molar-refractivity contribution in [3.63, 3.8) is 0 Å². The maximum Gasteiger partial charge on any atom is 0.0896 e. The Labute approximate surface area is 96.1 Å². The van der Waals surface area contributed by atoms with Crippen LogP contribution < -0.4 is 0 Å². The number of halogens is 1. The highest BCUT2D eigenvalue weighted by atomic mass is 35.5. The average molecular weight is 225 g/mol. The van der Waals surface area contributed by atoms with Gasteiger partial charge in [-0.15, -0.1) is 0 Å². The van der Waals surface area contributed by atoms with Crippen LogP contribution in [0.1, 0.15) is 42.4 Å². The maximum atomic E-state index is 10.5. The number of hydrogen-bond donors (Lipinski definition) is 1. The van der Waals surface area contributed by atoms with Crippen LogP contribution in [0.25, 0.3) is 0 Å². The van der Waals surface area contributed by atoms with E-state index >= 15 is 0 Å². The fourth-order valence-electron chi connectivity index (χ4n) is 2.46. The van der Waals surface area contributed by atoms with E-state index in [2.05, 4.69) is 0 Å². The molecule has 1 fully saturated rings. The van der Waals surface area contributed by atoms with Crippen molar-refractivity contribution in [2.24, 2.45) is 0 Å². The molecule has 0 unspecified atom stereocenters. The van der Waals surface area contributed by atoms with Crippen molar-refractivity contribution in [2.75, 3.05) is 0 Å². The third kappa shape index (κ3) is 1.91. The molecule has 0 heterocycles. The summed E-state index contributed by atoms with van der Waals surface area (Å²) in [5.74, 6) is 0. The summed E-state index contributed by atoms with van der Waals surface area (Å²) in [7, 11) is 0. The molecule has 0 aromatic heterocycles. The van der Waals surface area contributed by atoms with E-state index in [1.54, 1.807) is 0 Å². The fraction of sp³-hybridized carbons (Fsp3) is 0.538. The second kappa shape index (κ2) is 3.80. The first-order valence-corrected chi connectivity index (χ1v) is 5.90. The van der Waals surface area contributed by atoms with Gasteiger partial charge < -0.3 is 5.11 Å². The molecule has 0 aliphatic heterocycles. The Morgan fingerprint density at radius 2 is 1.60 bits per heavy atom. The first-order chi connectivity index (χ1) is 7.03. The lowest BCUT2D eigenvalue weighted by Gasteiger charge is -2.24. The molecule has 0 amide bonds. The summed E-state index contributed by atoms with van der Waals surface area (Å²) < 4.78 is 0. The van der Waals surface area contributed by atoms with Crippen molar-refractivity contribution in [3.8, 4) is 0 Å². The lowest BCUT2D eigenvalue weighted by molar-refractivity contribution is 0.0444. The standard InChI is InChI=1S/C13H17ClO/c1-9-7-11(8-10(2)12(9)14)13(15)5-3-4-6-13/h7-8,15H,3-6H2,1-2H3. The van der Waals surface area contributed by atoms with E-state index in [1.807, 2.05) is 26.0 Å². The molecule has 1 N–H and O–H groups in total. The van der Waals surface area contributed by atoms with E-state index in [0.29, 0.717) is 0 Å². The molecule has 15 heavy (non-hydrogen) atoms. The van der Waals surface area contributed by atoms with Crippen LogP contribution in [-0.4, -0.2) is 5.11 Å². The summed E-state index contributed by atoms with van der Waals surface area (Å²) in [6.07, 6.45) is 4.01. The summed E-state index contributed by atoms with van der Waals surface area (Å²) in [6, 6.07) is 4.06. The zero-order chi connectivity index (χ0) is 11.1. The average Bonchev–Trinajstić information content (AvgIpc) is 2.62. The van der Waals surface area contributed by atoms with Gasteiger partial charge in [0.2, 0.25) is 0 Å². The van der Waals surface area contributed by atoms with E-state index in [4.69, 9.17) is 11.6 Å². The second-order valence-electron chi connectivity index (χ2n) is 4.66. The first-order valence-electron chi connectivity index (χ1n) is 5.52. The number of aliphatic hydroxyl groups is 1.